The van der Waals surface area contributed by atoms with E-state index >= 15 is 0 Å². The molecule has 0 radical (unpaired) electrons. The third kappa shape index (κ3) is 2.49. The smallest absolute Gasteiger partial charge is 0.157 e. The third-order valence-corrected chi connectivity index (χ3v) is 2.05. The maximum Gasteiger partial charge on any atom is 0.157 e. The van der Waals surface area contributed by atoms with Gasteiger partial charge in [0.05, 0.1) is 5.69 Å². The van der Waals surface area contributed by atoms with Crippen molar-refractivity contribution >= 4 is 0 Å². The summed E-state index contributed by atoms with van der Waals surface area (Å²) in [6, 6.07) is 1.82. The molecule has 78 valence electrons. The molecule has 1 rings (SSSR count). The van der Waals surface area contributed by atoms with Crippen LogP contribution in [0.15, 0.2) is 12.3 Å². The van der Waals surface area contributed by atoms with Crippen molar-refractivity contribution in [3.05, 3.63) is 23.8 Å². The zero-order valence-electron chi connectivity index (χ0n) is 8.90. The van der Waals surface area contributed by atoms with E-state index in [2.05, 4.69) is 23.8 Å². The summed E-state index contributed by atoms with van der Waals surface area (Å²) in [6.45, 7) is 4.59. The fraction of sp³-hybridized carbons (Fsp3) is 0.600. The number of rotatable bonds is 4. The highest BCUT2D eigenvalue weighted by Crippen LogP contribution is 2.21. The average molecular weight is 195 g/mol. The normalized spacial score (nSPS) is 13.2. The van der Waals surface area contributed by atoms with Crippen molar-refractivity contribution in [2.45, 2.75) is 26.5 Å². The second-order valence-electron chi connectivity index (χ2n) is 3.51. The van der Waals surface area contributed by atoms with Gasteiger partial charge in [0.2, 0.25) is 0 Å². The van der Waals surface area contributed by atoms with E-state index in [9.17, 15) is 0 Å². The van der Waals surface area contributed by atoms with E-state index in [1.807, 2.05) is 6.07 Å². The molecule has 0 saturated heterocycles. The van der Waals surface area contributed by atoms with E-state index in [-0.39, 0.29) is 6.10 Å². The summed E-state index contributed by atoms with van der Waals surface area (Å²) in [4.78, 5) is 8.51. The molecule has 2 N–H and O–H groups in total. The first kappa shape index (κ1) is 11.1. The van der Waals surface area contributed by atoms with Crippen LogP contribution >= 0.6 is 0 Å². The Balaban J connectivity index is 2.92. The fourth-order valence-corrected chi connectivity index (χ4v) is 1.34. The van der Waals surface area contributed by atoms with Gasteiger partial charge in [0.25, 0.3) is 0 Å². The molecule has 14 heavy (non-hydrogen) atoms. The summed E-state index contributed by atoms with van der Waals surface area (Å²) in [7, 11) is 1.67. The van der Waals surface area contributed by atoms with Crippen LogP contribution in [0.2, 0.25) is 0 Å². The van der Waals surface area contributed by atoms with Gasteiger partial charge in [0.15, 0.2) is 5.82 Å². The first-order chi connectivity index (χ1) is 6.69. The molecular formula is C10H17N3O. The van der Waals surface area contributed by atoms with Gasteiger partial charge in [-0.15, -0.1) is 0 Å². The number of methoxy groups -OCH3 is 1. The first-order valence-electron chi connectivity index (χ1n) is 4.73. The van der Waals surface area contributed by atoms with E-state index in [0.717, 1.165) is 5.69 Å². The van der Waals surface area contributed by atoms with Crippen LogP contribution in [-0.2, 0) is 11.3 Å². The van der Waals surface area contributed by atoms with Crippen LogP contribution in [-0.4, -0.2) is 17.1 Å². The molecule has 1 heterocycles. The lowest BCUT2D eigenvalue weighted by molar-refractivity contribution is 0.0573. The summed E-state index contributed by atoms with van der Waals surface area (Å²) in [5.74, 6) is 1.07. The van der Waals surface area contributed by atoms with Gasteiger partial charge >= 0.3 is 0 Å². The van der Waals surface area contributed by atoms with Crippen LogP contribution in [0.5, 0.6) is 0 Å². The molecule has 4 nitrogen and oxygen atoms in total. The van der Waals surface area contributed by atoms with Crippen LogP contribution in [0.3, 0.4) is 0 Å². The van der Waals surface area contributed by atoms with E-state index in [1.54, 1.807) is 13.3 Å². The van der Waals surface area contributed by atoms with Gasteiger partial charge < -0.3 is 10.5 Å². The molecule has 4 heteroatoms. The predicted octanol–water partition coefficient (Wildman–Crippen LogP) is 1.28. The van der Waals surface area contributed by atoms with E-state index < -0.39 is 0 Å². The maximum absolute atomic E-state index is 5.51. The summed E-state index contributed by atoms with van der Waals surface area (Å²) >= 11 is 0. The molecular weight excluding hydrogens is 178 g/mol. The largest absolute Gasteiger partial charge is 0.373 e. The Morgan fingerprint density at radius 2 is 2.21 bits per heavy atom. The Labute approximate surface area is 84.5 Å². The first-order valence-corrected chi connectivity index (χ1v) is 4.73. The molecule has 0 aliphatic rings. The van der Waals surface area contributed by atoms with Crippen molar-refractivity contribution in [3.8, 4) is 0 Å². The number of ether oxygens (including phenoxy) is 1. The number of nitrogens with zero attached hydrogens (tertiary/aromatic N) is 2. The van der Waals surface area contributed by atoms with Crippen LogP contribution in [0.4, 0.5) is 0 Å². The van der Waals surface area contributed by atoms with Gasteiger partial charge in [0, 0.05) is 19.9 Å². The second kappa shape index (κ2) is 5.02. The monoisotopic (exact) mass is 195 g/mol. The Bertz CT molecular complexity index is 288. The topological polar surface area (TPSA) is 61.0 Å². The molecule has 1 aromatic heterocycles. The predicted molar refractivity (Wildman–Crippen MR) is 54.5 cm³/mol. The van der Waals surface area contributed by atoms with Crippen LogP contribution < -0.4 is 5.73 Å². The van der Waals surface area contributed by atoms with Crippen molar-refractivity contribution in [1.29, 1.82) is 0 Å². The molecule has 0 fully saturated rings. The van der Waals surface area contributed by atoms with E-state index in [4.69, 9.17) is 10.5 Å². The Morgan fingerprint density at radius 3 is 2.71 bits per heavy atom. The minimum atomic E-state index is -0.0542. The van der Waals surface area contributed by atoms with Crippen LogP contribution in [0.1, 0.15) is 31.5 Å². The van der Waals surface area contributed by atoms with Crippen LogP contribution in [0.25, 0.3) is 0 Å². The molecule has 1 aromatic rings. The fourth-order valence-electron chi connectivity index (χ4n) is 1.34. The Hall–Kier alpha value is -1.00. The zero-order chi connectivity index (χ0) is 10.6. The van der Waals surface area contributed by atoms with Crippen molar-refractivity contribution in [2.75, 3.05) is 7.11 Å². The molecule has 0 aromatic carbocycles. The van der Waals surface area contributed by atoms with Crippen molar-refractivity contribution in [2.24, 2.45) is 11.7 Å². The SMILES string of the molecule is COC(c1nccc(CN)n1)C(C)C. The second-order valence-corrected chi connectivity index (χ2v) is 3.51. The van der Waals surface area contributed by atoms with Gasteiger partial charge in [-0.05, 0) is 12.0 Å². The van der Waals surface area contributed by atoms with E-state index in [1.165, 1.54) is 0 Å². The number of aromatic nitrogens is 2. The van der Waals surface area contributed by atoms with Crippen molar-refractivity contribution < 1.29 is 4.74 Å². The molecule has 0 aliphatic heterocycles. The molecule has 0 saturated carbocycles. The number of nitrogens with two attached hydrogens (primary N) is 1. The van der Waals surface area contributed by atoms with Gasteiger partial charge in [-0.25, -0.2) is 9.97 Å². The maximum atomic E-state index is 5.51. The quantitative estimate of drug-likeness (QED) is 0.786. The average Bonchev–Trinajstić information content (AvgIpc) is 2.19. The molecule has 0 spiro atoms. The number of hydrogen-bond donors (Lipinski definition) is 1. The van der Waals surface area contributed by atoms with Crippen molar-refractivity contribution in [1.82, 2.24) is 9.97 Å². The molecule has 1 unspecified atom stereocenters. The zero-order valence-corrected chi connectivity index (χ0v) is 8.90. The molecule has 0 aliphatic carbocycles. The summed E-state index contributed by atoms with van der Waals surface area (Å²) in [5.41, 5.74) is 6.35. The third-order valence-electron chi connectivity index (χ3n) is 2.05. The molecule has 0 amide bonds. The van der Waals surface area contributed by atoms with Gasteiger partial charge in [-0.3, -0.25) is 0 Å². The summed E-state index contributed by atoms with van der Waals surface area (Å²) < 4.78 is 5.33. The number of hydrogen-bond acceptors (Lipinski definition) is 4. The molecule has 1 atom stereocenters. The Morgan fingerprint density at radius 1 is 1.50 bits per heavy atom. The lowest BCUT2D eigenvalue weighted by Crippen LogP contribution is -2.14. The van der Waals surface area contributed by atoms with Gasteiger partial charge in [0.1, 0.15) is 6.10 Å². The highest BCUT2D eigenvalue weighted by molar-refractivity contribution is 5.04. The minimum Gasteiger partial charge on any atom is -0.373 e. The van der Waals surface area contributed by atoms with Gasteiger partial charge in [-0.2, -0.15) is 0 Å². The Kier molecular flexibility index (Phi) is 3.98. The highest BCUT2D eigenvalue weighted by atomic mass is 16.5. The van der Waals surface area contributed by atoms with Gasteiger partial charge in [-0.1, -0.05) is 13.8 Å². The molecule has 0 bridgehead atoms. The lowest BCUT2D eigenvalue weighted by Gasteiger charge is -2.17. The van der Waals surface area contributed by atoms with Crippen molar-refractivity contribution in [3.63, 3.8) is 0 Å². The summed E-state index contributed by atoms with van der Waals surface area (Å²) in [5, 5.41) is 0. The lowest BCUT2D eigenvalue weighted by atomic mass is 10.1. The minimum absolute atomic E-state index is 0.0542. The highest BCUT2D eigenvalue weighted by Gasteiger charge is 2.17. The van der Waals surface area contributed by atoms with Crippen LogP contribution in [0, 0.1) is 5.92 Å². The van der Waals surface area contributed by atoms with E-state index in [0.29, 0.717) is 18.3 Å². The standard InChI is InChI=1S/C10H17N3O/c1-7(2)9(14-3)10-12-5-4-8(6-11)13-10/h4-5,7,9H,6,11H2,1-3H3. The summed E-state index contributed by atoms with van der Waals surface area (Å²) in [6.07, 6.45) is 1.67.